The summed E-state index contributed by atoms with van der Waals surface area (Å²) in [5, 5.41) is 8.13. The second kappa shape index (κ2) is 9.65. The molecule has 0 spiro atoms. The molecule has 3 rings (SSSR count). The maximum Gasteiger partial charge on any atom is 0.259 e. The van der Waals surface area contributed by atoms with Crippen molar-refractivity contribution in [3.63, 3.8) is 0 Å². The molecule has 1 aromatic heterocycles. The largest absolute Gasteiger partial charge is 0.376 e. The Balaban J connectivity index is 1.66. The van der Waals surface area contributed by atoms with E-state index >= 15 is 0 Å². The number of carbonyl (C=O) groups is 1. The number of amides is 1. The van der Waals surface area contributed by atoms with Gasteiger partial charge in [-0.15, -0.1) is 0 Å². The van der Waals surface area contributed by atoms with Gasteiger partial charge in [-0.2, -0.15) is 5.10 Å². The summed E-state index contributed by atoms with van der Waals surface area (Å²) in [4.78, 5) is 12.0. The Bertz CT molecular complexity index is 1060. The standard InChI is InChI=1S/C21H19Cl2IN4O/c1-13-10-15(14(2)28(13)19-5-3-4-18(22)21(19)23)11-26-27-20(29)12-25-17-8-6-16(24)7-9-17/h3-11,25H,12H2,1-2H3,(H,27,29)/b26-11-. The third-order valence-corrected chi connectivity index (χ3v) is 5.86. The van der Waals surface area contributed by atoms with Gasteiger partial charge in [-0.3, -0.25) is 4.79 Å². The molecule has 0 fully saturated rings. The van der Waals surface area contributed by atoms with Crippen molar-refractivity contribution in [2.45, 2.75) is 13.8 Å². The molecule has 150 valence electrons. The van der Waals surface area contributed by atoms with Crippen LogP contribution in [0.5, 0.6) is 0 Å². The maximum absolute atomic E-state index is 12.0. The van der Waals surface area contributed by atoms with Crippen molar-refractivity contribution in [3.05, 3.63) is 79.1 Å². The molecule has 3 aromatic rings. The summed E-state index contributed by atoms with van der Waals surface area (Å²) < 4.78 is 3.15. The first kappa shape index (κ1) is 21.7. The number of benzene rings is 2. The minimum absolute atomic E-state index is 0.134. The number of rotatable bonds is 6. The quantitative estimate of drug-likeness (QED) is 0.244. The molecule has 2 N–H and O–H groups in total. The van der Waals surface area contributed by atoms with E-state index < -0.39 is 0 Å². The Hall–Kier alpha value is -2.03. The molecule has 1 amide bonds. The van der Waals surface area contributed by atoms with Crippen LogP contribution in [0.4, 0.5) is 5.69 Å². The molecular formula is C21H19Cl2IN4O. The van der Waals surface area contributed by atoms with Crippen LogP contribution in [-0.2, 0) is 4.79 Å². The van der Waals surface area contributed by atoms with Crippen molar-refractivity contribution in [2.24, 2.45) is 5.10 Å². The lowest BCUT2D eigenvalue weighted by Gasteiger charge is -2.12. The van der Waals surface area contributed by atoms with E-state index in [1.54, 1.807) is 12.3 Å². The third-order valence-electron chi connectivity index (χ3n) is 4.33. The lowest BCUT2D eigenvalue weighted by atomic mass is 10.2. The molecule has 0 atom stereocenters. The van der Waals surface area contributed by atoms with Crippen molar-refractivity contribution in [1.82, 2.24) is 9.99 Å². The van der Waals surface area contributed by atoms with E-state index in [1.807, 2.05) is 60.9 Å². The van der Waals surface area contributed by atoms with Crippen molar-refractivity contribution >= 4 is 63.6 Å². The van der Waals surface area contributed by atoms with E-state index in [9.17, 15) is 4.79 Å². The van der Waals surface area contributed by atoms with Crippen molar-refractivity contribution < 1.29 is 4.79 Å². The molecule has 1 heterocycles. The van der Waals surface area contributed by atoms with Crippen LogP contribution < -0.4 is 10.7 Å². The molecule has 8 heteroatoms. The molecule has 5 nitrogen and oxygen atoms in total. The lowest BCUT2D eigenvalue weighted by Crippen LogP contribution is -2.25. The van der Waals surface area contributed by atoms with Gasteiger partial charge in [0, 0.05) is 26.2 Å². The van der Waals surface area contributed by atoms with E-state index in [1.165, 1.54) is 0 Å². The van der Waals surface area contributed by atoms with Gasteiger partial charge in [0.05, 0.1) is 28.5 Å². The number of aryl methyl sites for hydroxylation is 1. The van der Waals surface area contributed by atoms with Crippen molar-refractivity contribution in [2.75, 3.05) is 11.9 Å². The monoisotopic (exact) mass is 540 g/mol. The second-order valence-corrected chi connectivity index (χ2v) is 8.42. The molecule has 0 aliphatic carbocycles. The summed E-state index contributed by atoms with van der Waals surface area (Å²) in [5.74, 6) is -0.230. The fourth-order valence-electron chi connectivity index (χ4n) is 2.92. The fraction of sp³-hybridized carbons (Fsp3) is 0.143. The van der Waals surface area contributed by atoms with Crippen LogP contribution in [0.15, 0.2) is 53.6 Å². The molecule has 0 saturated carbocycles. The molecule has 0 unspecified atom stereocenters. The number of hydrogen-bond donors (Lipinski definition) is 2. The van der Waals surface area contributed by atoms with Gasteiger partial charge in [-0.05, 0) is 78.9 Å². The minimum atomic E-state index is -0.230. The molecule has 0 aliphatic rings. The van der Waals surface area contributed by atoms with Crippen LogP contribution in [0.3, 0.4) is 0 Å². The number of halogens is 3. The zero-order chi connectivity index (χ0) is 21.0. The number of hydrazone groups is 1. The molecule has 0 aliphatic heterocycles. The van der Waals surface area contributed by atoms with Crippen LogP contribution in [0.1, 0.15) is 17.0 Å². The highest BCUT2D eigenvalue weighted by Gasteiger charge is 2.13. The molecule has 0 radical (unpaired) electrons. The number of hydrogen-bond acceptors (Lipinski definition) is 3. The summed E-state index contributed by atoms with van der Waals surface area (Å²) in [6, 6.07) is 15.3. The zero-order valence-corrected chi connectivity index (χ0v) is 19.5. The van der Waals surface area contributed by atoms with Gasteiger partial charge < -0.3 is 9.88 Å². The van der Waals surface area contributed by atoms with Gasteiger partial charge in [0.1, 0.15) is 0 Å². The molecule has 29 heavy (non-hydrogen) atoms. The number of carbonyl (C=O) groups excluding carboxylic acids is 1. The first-order valence-electron chi connectivity index (χ1n) is 8.81. The summed E-state index contributed by atoms with van der Waals surface area (Å²) in [6.45, 7) is 4.08. The van der Waals surface area contributed by atoms with E-state index in [0.717, 1.165) is 31.9 Å². The number of nitrogens with one attached hydrogen (secondary N) is 2. The lowest BCUT2D eigenvalue weighted by molar-refractivity contribution is -0.119. The minimum Gasteiger partial charge on any atom is -0.376 e. The molecule has 0 saturated heterocycles. The van der Waals surface area contributed by atoms with E-state index in [2.05, 4.69) is 38.4 Å². The first-order chi connectivity index (χ1) is 13.9. The van der Waals surface area contributed by atoms with Gasteiger partial charge >= 0.3 is 0 Å². The summed E-state index contributed by atoms with van der Waals surface area (Å²) >= 11 is 14.8. The highest BCUT2D eigenvalue weighted by Crippen LogP contribution is 2.31. The van der Waals surface area contributed by atoms with Crippen LogP contribution in [0, 0.1) is 17.4 Å². The van der Waals surface area contributed by atoms with Crippen LogP contribution >= 0.6 is 45.8 Å². The van der Waals surface area contributed by atoms with Gasteiger partial charge in [-0.25, -0.2) is 5.43 Å². The Morgan fingerprint density at radius 3 is 2.62 bits per heavy atom. The molecule has 2 aromatic carbocycles. The average molecular weight is 541 g/mol. The van der Waals surface area contributed by atoms with Crippen LogP contribution in [-0.4, -0.2) is 23.2 Å². The Morgan fingerprint density at radius 2 is 1.90 bits per heavy atom. The summed E-state index contributed by atoms with van der Waals surface area (Å²) in [7, 11) is 0. The highest BCUT2D eigenvalue weighted by molar-refractivity contribution is 14.1. The molecule has 0 bridgehead atoms. The second-order valence-electron chi connectivity index (χ2n) is 6.39. The van der Waals surface area contributed by atoms with Crippen molar-refractivity contribution in [1.29, 1.82) is 0 Å². The van der Waals surface area contributed by atoms with Gasteiger partial charge in [-0.1, -0.05) is 29.3 Å². The normalized spacial score (nSPS) is 11.1. The number of anilines is 1. The van der Waals surface area contributed by atoms with E-state index in [0.29, 0.717) is 10.0 Å². The smallest absolute Gasteiger partial charge is 0.259 e. The maximum atomic E-state index is 12.0. The predicted octanol–water partition coefficient (Wildman–Crippen LogP) is 5.57. The van der Waals surface area contributed by atoms with E-state index in [-0.39, 0.29) is 12.5 Å². The van der Waals surface area contributed by atoms with Crippen LogP contribution in [0.25, 0.3) is 5.69 Å². The van der Waals surface area contributed by atoms with Crippen LogP contribution in [0.2, 0.25) is 10.0 Å². The number of aromatic nitrogens is 1. The summed E-state index contributed by atoms with van der Waals surface area (Å²) in [6.07, 6.45) is 1.63. The molecular weight excluding hydrogens is 522 g/mol. The Labute approximate surface area is 193 Å². The fourth-order valence-corrected chi connectivity index (χ4v) is 3.66. The average Bonchev–Trinajstić information content (AvgIpc) is 2.97. The Kier molecular flexibility index (Phi) is 7.21. The topological polar surface area (TPSA) is 58.4 Å². The van der Waals surface area contributed by atoms with Gasteiger partial charge in [0.25, 0.3) is 5.91 Å². The SMILES string of the molecule is Cc1cc(/C=N\NC(=O)CNc2ccc(I)cc2)c(C)n1-c1cccc(Cl)c1Cl. The Morgan fingerprint density at radius 1 is 1.17 bits per heavy atom. The highest BCUT2D eigenvalue weighted by atomic mass is 127. The van der Waals surface area contributed by atoms with Crippen molar-refractivity contribution in [3.8, 4) is 5.69 Å². The predicted molar refractivity (Wildman–Crippen MR) is 129 cm³/mol. The van der Waals surface area contributed by atoms with Gasteiger partial charge in [0.15, 0.2) is 0 Å². The number of nitrogens with zero attached hydrogens (tertiary/aromatic N) is 2. The summed E-state index contributed by atoms with van der Waals surface area (Å²) in [5.41, 5.74) is 7.04. The third kappa shape index (κ3) is 5.32. The first-order valence-corrected chi connectivity index (χ1v) is 10.6. The van der Waals surface area contributed by atoms with Gasteiger partial charge in [0.2, 0.25) is 0 Å². The zero-order valence-electron chi connectivity index (χ0n) is 15.8. The van der Waals surface area contributed by atoms with E-state index in [4.69, 9.17) is 23.2 Å².